The number of aliphatic hydroxyl groups is 1. The Balaban J connectivity index is 2.48. The molecule has 0 spiro atoms. The lowest BCUT2D eigenvalue weighted by Crippen LogP contribution is -2.01. The van der Waals surface area contributed by atoms with Gasteiger partial charge in [0.25, 0.3) is 0 Å². The van der Waals surface area contributed by atoms with E-state index in [1.165, 1.54) is 10.8 Å². The van der Waals surface area contributed by atoms with E-state index in [4.69, 9.17) is 0 Å². The lowest BCUT2D eigenvalue weighted by Gasteiger charge is -2.04. The summed E-state index contributed by atoms with van der Waals surface area (Å²) in [5, 5.41) is 11.6. The summed E-state index contributed by atoms with van der Waals surface area (Å²) in [6.45, 7) is 0.758. The van der Waals surface area contributed by atoms with Crippen LogP contribution in [0.4, 0.5) is 0 Å². The first-order valence-corrected chi connectivity index (χ1v) is 7.27. The molecule has 0 aliphatic rings. The predicted octanol–water partition coefficient (Wildman–Crippen LogP) is 4.31. The molecule has 1 N–H and O–H groups in total. The summed E-state index contributed by atoms with van der Waals surface area (Å²) < 4.78 is 4.29. The van der Waals surface area contributed by atoms with Crippen molar-refractivity contribution < 1.29 is 5.11 Å². The van der Waals surface area contributed by atoms with Crippen LogP contribution in [0.1, 0.15) is 0 Å². The fourth-order valence-electron chi connectivity index (χ4n) is 2.39. The third-order valence-corrected chi connectivity index (χ3v) is 4.10. The first-order valence-electron chi connectivity index (χ1n) is 5.68. The Labute approximate surface area is 121 Å². The van der Waals surface area contributed by atoms with Gasteiger partial charge >= 0.3 is 0 Å². The molecule has 0 unspecified atom stereocenters. The van der Waals surface area contributed by atoms with Crippen LogP contribution < -0.4 is 0 Å². The van der Waals surface area contributed by atoms with Crippen LogP contribution in [0.2, 0.25) is 0 Å². The number of hydrogen-bond donors (Lipinski definition) is 1. The molecule has 0 saturated heterocycles. The van der Waals surface area contributed by atoms with Gasteiger partial charge in [-0.3, -0.25) is 0 Å². The molecule has 2 aromatic carbocycles. The Morgan fingerprint density at radius 2 is 1.39 bits per heavy atom. The van der Waals surface area contributed by atoms with Crippen LogP contribution in [-0.2, 0) is 6.54 Å². The third kappa shape index (κ3) is 1.88. The van der Waals surface area contributed by atoms with Gasteiger partial charge in [-0.1, -0.05) is 31.9 Å². The zero-order chi connectivity index (χ0) is 12.7. The van der Waals surface area contributed by atoms with Crippen LogP contribution in [0.3, 0.4) is 0 Å². The molecule has 0 fully saturated rings. The Kier molecular flexibility index (Phi) is 3.18. The van der Waals surface area contributed by atoms with E-state index in [1.54, 1.807) is 0 Å². The lowest BCUT2D eigenvalue weighted by molar-refractivity contribution is 0.280. The van der Waals surface area contributed by atoms with Gasteiger partial charge in [-0.05, 0) is 36.4 Å². The number of fused-ring (bicyclic) bond motifs is 3. The fraction of sp³-hybridized carbons (Fsp3) is 0.143. The molecule has 3 rings (SSSR count). The quantitative estimate of drug-likeness (QED) is 0.716. The molecule has 18 heavy (non-hydrogen) atoms. The van der Waals surface area contributed by atoms with E-state index in [-0.39, 0.29) is 6.61 Å². The van der Waals surface area contributed by atoms with Crippen molar-refractivity contribution in [3.05, 3.63) is 45.3 Å². The fourth-order valence-corrected chi connectivity index (χ4v) is 3.11. The summed E-state index contributed by atoms with van der Waals surface area (Å²) in [6.07, 6.45) is 0. The Morgan fingerprint density at radius 1 is 0.889 bits per heavy atom. The number of hydrogen-bond acceptors (Lipinski definition) is 1. The smallest absolute Gasteiger partial charge is 0.0610 e. The highest BCUT2D eigenvalue weighted by molar-refractivity contribution is 9.10. The van der Waals surface area contributed by atoms with E-state index in [0.29, 0.717) is 6.54 Å². The average molecular weight is 369 g/mol. The van der Waals surface area contributed by atoms with Gasteiger partial charge in [-0.25, -0.2) is 0 Å². The molecule has 0 amide bonds. The van der Waals surface area contributed by atoms with Crippen LogP contribution >= 0.6 is 31.9 Å². The van der Waals surface area contributed by atoms with Crippen molar-refractivity contribution in [2.75, 3.05) is 6.61 Å². The molecule has 0 atom stereocenters. The number of aromatic nitrogens is 1. The molecule has 4 heteroatoms. The molecule has 0 saturated carbocycles. The zero-order valence-electron chi connectivity index (χ0n) is 9.53. The molecule has 1 aromatic heterocycles. The van der Waals surface area contributed by atoms with Crippen LogP contribution in [0, 0.1) is 0 Å². The number of aliphatic hydroxyl groups excluding tert-OH is 1. The monoisotopic (exact) mass is 367 g/mol. The highest BCUT2D eigenvalue weighted by Crippen LogP contribution is 2.32. The maximum atomic E-state index is 9.23. The minimum atomic E-state index is 0.144. The Morgan fingerprint density at radius 3 is 1.83 bits per heavy atom. The van der Waals surface area contributed by atoms with Gasteiger partial charge in [0.05, 0.1) is 6.61 Å². The molecule has 3 aromatic rings. The largest absolute Gasteiger partial charge is 0.395 e. The first kappa shape index (κ1) is 12.2. The minimum absolute atomic E-state index is 0.144. The number of nitrogens with zero attached hydrogens (tertiary/aromatic N) is 1. The second kappa shape index (κ2) is 4.68. The van der Waals surface area contributed by atoms with E-state index >= 15 is 0 Å². The summed E-state index contributed by atoms with van der Waals surface area (Å²) in [6, 6.07) is 12.5. The van der Waals surface area contributed by atoms with E-state index in [0.717, 1.165) is 20.0 Å². The minimum Gasteiger partial charge on any atom is -0.395 e. The van der Waals surface area contributed by atoms with Gasteiger partial charge in [-0.15, -0.1) is 0 Å². The number of benzene rings is 2. The zero-order valence-corrected chi connectivity index (χ0v) is 12.7. The second-order valence-electron chi connectivity index (χ2n) is 4.20. The van der Waals surface area contributed by atoms with Crippen LogP contribution in [0.5, 0.6) is 0 Å². The van der Waals surface area contributed by atoms with E-state index < -0.39 is 0 Å². The van der Waals surface area contributed by atoms with E-state index in [9.17, 15) is 5.11 Å². The normalized spacial score (nSPS) is 11.5. The van der Waals surface area contributed by atoms with Crippen molar-refractivity contribution in [1.29, 1.82) is 0 Å². The maximum Gasteiger partial charge on any atom is 0.0610 e. The van der Waals surface area contributed by atoms with Crippen molar-refractivity contribution in [2.24, 2.45) is 0 Å². The number of rotatable bonds is 2. The van der Waals surface area contributed by atoms with Crippen LogP contribution in [0.25, 0.3) is 21.8 Å². The predicted molar refractivity (Wildman–Crippen MR) is 81.9 cm³/mol. The average Bonchev–Trinajstić information content (AvgIpc) is 2.64. The van der Waals surface area contributed by atoms with Gasteiger partial charge < -0.3 is 9.67 Å². The standard InChI is InChI=1S/C14H11Br2NO/c15-9-1-3-13-11(7-9)12-8-10(16)2-4-14(12)17(13)5-6-18/h1-4,7-8,18H,5-6H2. The van der Waals surface area contributed by atoms with Gasteiger partial charge in [0.15, 0.2) is 0 Å². The molecule has 0 radical (unpaired) electrons. The van der Waals surface area contributed by atoms with E-state index in [1.807, 2.05) is 12.1 Å². The summed E-state index contributed by atoms with van der Waals surface area (Å²) in [7, 11) is 0. The van der Waals surface area contributed by atoms with Gasteiger partial charge in [0.2, 0.25) is 0 Å². The molecule has 92 valence electrons. The highest BCUT2D eigenvalue weighted by Gasteiger charge is 2.10. The number of halogens is 2. The lowest BCUT2D eigenvalue weighted by atomic mass is 10.2. The second-order valence-corrected chi connectivity index (χ2v) is 6.03. The molecule has 0 bridgehead atoms. The van der Waals surface area contributed by atoms with Crippen molar-refractivity contribution in [3.63, 3.8) is 0 Å². The van der Waals surface area contributed by atoms with E-state index in [2.05, 4.69) is 60.7 Å². The molecule has 0 aliphatic carbocycles. The summed E-state index contributed by atoms with van der Waals surface area (Å²) >= 11 is 7.03. The van der Waals surface area contributed by atoms with Crippen molar-refractivity contribution in [2.45, 2.75) is 6.54 Å². The molecular formula is C14H11Br2NO. The first-order chi connectivity index (χ1) is 8.70. The van der Waals surface area contributed by atoms with Gasteiger partial charge in [0.1, 0.15) is 0 Å². The SMILES string of the molecule is OCCn1c2ccc(Br)cc2c2cc(Br)ccc21. The summed E-state index contributed by atoms with van der Waals surface area (Å²) in [4.78, 5) is 0. The van der Waals surface area contributed by atoms with Crippen LogP contribution in [0.15, 0.2) is 45.3 Å². The third-order valence-electron chi connectivity index (χ3n) is 3.11. The topological polar surface area (TPSA) is 25.2 Å². The van der Waals surface area contributed by atoms with Crippen molar-refractivity contribution in [3.8, 4) is 0 Å². The molecular weight excluding hydrogens is 358 g/mol. The molecule has 0 aliphatic heterocycles. The highest BCUT2D eigenvalue weighted by atomic mass is 79.9. The van der Waals surface area contributed by atoms with Crippen LogP contribution in [-0.4, -0.2) is 16.3 Å². The van der Waals surface area contributed by atoms with Crippen molar-refractivity contribution in [1.82, 2.24) is 4.57 Å². The summed E-state index contributed by atoms with van der Waals surface area (Å²) in [5.74, 6) is 0. The summed E-state index contributed by atoms with van der Waals surface area (Å²) in [5.41, 5.74) is 2.31. The maximum absolute atomic E-state index is 9.23. The van der Waals surface area contributed by atoms with Gasteiger partial charge in [-0.2, -0.15) is 0 Å². The van der Waals surface area contributed by atoms with Crippen molar-refractivity contribution >= 4 is 53.7 Å². The Hall–Kier alpha value is -0.840. The Bertz CT molecular complexity index is 674. The molecule has 1 heterocycles. The molecule has 2 nitrogen and oxygen atoms in total. The van der Waals surface area contributed by atoms with Gasteiger partial charge in [0, 0.05) is 37.3 Å².